The minimum absolute atomic E-state index is 0.109. The Morgan fingerprint density at radius 3 is 2.32 bits per heavy atom. The molecule has 1 amide bonds. The van der Waals surface area contributed by atoms with Crippen LogP contribution in [0.4, 0.5) is 0 Å². The van der Waals surface area contributed by atoms with Crippen LogP contribution in [0.25, 0.3) is 10.8 Å². The van der Waals surface area contributed by atoms with E-state index in [1.165, 1.54) is 15.8 Å². The fourth-order valence-corrected chi connectivity index (χ4v) is 3.74. The molecule has 1 fully saturated rings. The van der Waals surface area contributed by atoms with Crippen molar-refractivity contribution in [3.8, 4) is 0 Å². The summed E-state index contributed by atoms with van der Waals surface area (Å²) >= 11 is 0. The van der Waals surface area contributed by atoms with Gasteiger partial charge in [-0.3, -0.25) is 14.5 Å². The van der Waals surface area contributed by atoms with Crippen LogP contribution in [0.5, 0.6) is 0 Å². The molecule has 1 aromatic heterocycles. The topological polar surface area (TPSA) is 58.4 Å². The number of carbonyl (C=O) groups excluding carboxylic acids is 1. The maximum Gasteiger partial charge on any atom is 0.275 e. The van der Waals surface area contributed by atoms with Crippen molar-refractivity contribution in [3.05, 3.63) is 75.7 Å². The summed E-state index contributed by atoms with van der Waals surface area (Å²) in [6.45, 7) is 5.99. The third kappa shape index (κ3) is 3.43. The number of carbonyl (C=O) groups is 1. The fourth-order valence-electron chi connectivity index (χ4n) is 3.74. The van der Waals surface area contributed by atoms with Gasteiger partial charge in [0, 0.05) is 45.2 Å². The highest BCUT2D eigenvalue weighted by Crippen LogP contribution is 2.17. The lowest BCUT2D eigenvalue weighted by atomic mass is 10.1. The Bertz CT molecular complexity index is 1080. The van der Waals surface area contributed by atoms with Crippen molar-refractivity contribution < 1.29 is 4.79 Å². The van der Waals surface area contributed by atoms with Crippen LogP contribution in [-0.2, 0) is 13.6 Å². The number of nitrogens with zero attached hydrogens (tertiary/aromatic N) is 4. The van der Waals surface area contributed by atoms with Gasteiger partial charge in [0.2, 0.25) is 0 Å². The van der Waals surface area contributed by atoms with E-state index in [0.717, 1.165) is 19.6 Å². The standard InChI is InChI=1S/C22H24N4O2/c1-16-7-3-4-8-17(16)15-25-11-13-26(14-12-25)22(28)20-18-9-5-6-10-19(18)21(27)24(2)23-20/h3-10H,11-15H2,1-2H3. The molecule has 0 aliphatic carbocycles. The van der Waals surface area contributed by atoms with E-state index in [9.17, 15) is 9.59 Å². The Kier molecular flexibility index (Phi) is 4.96. The highest BCUT2D eigenvalue weighted by Gasteiger charge is 2.25. The quantitative estimate of drug-likeness (QED) is 0.703. The summed E-state index contributed by atoms with van der Waals surface area (Å²) in [5.41, 5.74) is 2.79. The predicted molar refractivity (Wildman–Crippen MR) is 109 cm³/mol. The molecule has 2 aromatic carbocycles. The van der Waals surface area contributed by atoms with E-state index in [2.05, 4.69) is 41.2 Å². The second-order valence-electron chi connectivity index (χ2n) is 7.32. The highest BCUT2D eigenvalue weighted by molar-refractivity contribution is 6.04. The van der Waals surface area contributed by atoms with Crippen molar-refractivity contribution in [3.63, 3.8) is 0 Å². The zero-order valence-electron chi connectivity index (χ0n) is 16.3. The Hall–Kier alpha value is -2.99. The van der Waals surface area contributed by atoms with Crippen LogP contribution in [0.15, 0.2) is 53.3 Å². The second-order valence-corrected chi connectivity index (χ2v) is 7.32. The lowest BCUT2D eigenvalue weighted by Crippen LogP contribution is -2.48. The molecule has 0 saturated carbocycles. The van der Waals surface area contributed by atoms with Crippen LogP contribution in [0, 0.1) is 6.92 Å². The van der Waals surface area contributed by atoms with Gasteiger partial charge in [0.1, 0.15) is 0 Å². The Morgan fingerprint density at radius 2 is 1.61 bits per heavy atom. The summed E-state index contributed by atoms with van der Waals surface area (Å²) in [6.07, 6.45) is 0. The minimum Gasteiger partial charge on any atom is -0.335 e. The second kappa shape index (κ2) is 7.56. The van der Waals surface area contributed by atoms with Gasteiger partial charge in [0.25, 0.3) is 11.5 Å². The summed E-state index contributed by atoms with van der Waals surface area (Å²) in [5, 5.41) is 5.43. The van der Waals surface area contributed by atoms with Crippen LogP contribution in [0.1, 0.15) is 21.6 Å². The SMILES string of the molecule is Cc1ccccc1CN1CCN(C(=O)c2nn(C)c(=O)c3ccccc23)CC1. The third-order valence-electron chi connectivity index (χ3n) is 5.47. The average molecular weight is 376 g/mol. The van der Waals surface area contributed by atoms with E-state index in [1.807, 2.05) is 17.0 Å². The summed E-state index contributed by atoms with van der Waals surface area (Å²) in [4.78, 5) is 29.6. The monoisotopic (exact) mass is 376 g/mol. The summed E-state index contributed by atoms with van der Waals surface area (Å²) in [6, 6.07) is 15.6. The first kappa shape index (κ1) is 18.4. The molecular weight excluding hydrogens is 352 g/mol. The Balaban J connectivity index is 1.51. The van der Waals surface area contributed by atoms with Crippen molar-refractivity contribution in [2.75, 3.05) is 26.2 Å². The lowest BCUT2D eigenvalue weighted by molar-refractivity contribution is 0.0622. The van der Waals surface area contributed by atoms with Crippen molar-refractivity contribution in [1.82, 2.24) is 19.6 Å². The van der Waals surface area contributed by atoms with Gasteiger partial charge in [-0.1, -0.05) is 42.5 Å². The first-order chi connectivity index (χ1) is 13.5. The Labute approximate surface area is 164 Å². The number of rotatable bonds is 3. The van der Waals surface area contributed by atoms with Gasteiger partial charge in [-0.05, 0) is 24.1 Å². The molecule has 1 aliphatic heterocycles. The summed E-state index contributed by atoms with van der Waals surface area (Å²) < 4.78 is 1.25. The van der Waals surface area contributed by atoms with Gasteiger partial charge < -0.3 is 4.90 Å². The van der Waals surface area contributed by atoms with E-state index in [0.29, 0.717) is 29.6 Å². The molecule has 0 spiro atoms. The van der Waals surface area contributed by atoms with Crippen LogP contribution in [0.2, 0.25) is 0 Å². The number of hydrogen-bond donors (Lipinski definition) is 0. The first-order valence-electron chi connectivity index (χ1n) is 9.57. The molecule has 2 heterocycles. The normalized spacial score (nSPS) is 15.1. The zero-order valence-corrected chi connectivity index (χ0v) is 16.3. The van der Waals surface area contributed by atoms with E-state index in [1.54, 1.807) is 19.2 Å². The number of aromatic nitrogens is 2. The average Bonchev–Trinajstić information content (AvgIpc) is 2.72. The number of piperazine rings is 1. The predicted octanol–water partition coefficient (Wildman–Crippen LogP) is 2.20. The molecule has 28 heavy (non-hydrogen) atoms. The molecule has 3 aromatic rings. The summed E-state index contributed by atoms with van der Waals surface area (Å²) in [7, 11) is 1.59. The molecule has 6 nitrogen and oxygen atoms in total. The molecule has 144 valence electrons. The maximum atomic E-state index is 13.1. The van der Waals surface area contributed by atoms with Gasteiger partial charge in [-0.2, -0.15) is 5.10 Å². The number of fused-ring (bicyclic) bond motifs is 1. The first-order valence-corrected chi connectivity index (χ1v) is 9.57. The molecule has 4 rings (SSSR count). The minimum atomic E-state index is -0.185. The van der Waals surface area contributed by atoms with Crippen LogP contribution >= 0.6 is 0 Å². The number of benzene rings is 2. The molecule has 1 aliphatic rings. The molecule has 0 bridgehead atoms. The fraction of sp³-hybridized carbons (Fsp3) is 0.318. The number of amides is 1. The molecular formula is C22H24N4O2. The van der Waals surface area contributed by atoms with E-state index in [4.69, 9.17) is 0 Å². The maximum absolute atomic E-state index is 13.1. The van der Waals surface area contributed by atoms with Crippen LogP contribution < -0.4 is 5.56 Å². The van der Waals surface area contributed by atoms with Gasteiger partial charge in [0.15, 0.2) is 5.69 Å². The number of hydrogen-bond acceptors (Lipinski definition) is 4. The van der Waals surface area contributed by atoms with E-state index >= 15 is 0 Å². The third-order valence-corrected chi connectivity index (χ3v) is 5.47. The van der Waals surface area contributed by atoms with Gasteiger partial charge in [0.05, 0.1) is 5.39 Å². The van der Waals surface area contributed by atoms with Gasteiger partial charge in [-0.15, -0.1) is 0 Å². The molecule has 0 atom stereocenters. The smallest absolute Gasteiger partial charge is 0.275 e. The zero-order chi connectivity index (χ0) is 19.7. The molecule has 6 heteroatoms. The van der Waals surface area contributed by atoms with Crippen molar-refractivity contribution in [2.45, 2.75) is 13.5 Å². The van der Waals surface area contributed by atoms with Crippen molar-refractivity contribution >= 4 is 16.7 Å². The molecule has 0 N–H and O–H groups in total. The largest absolute Gasteiger partial charge is 0.335 e. The number of aryl methyl sites for hydroxylation is 2. The van der Waals surface area contributed by atoms with Gasteiger partial charge >= 0.3 is 0 Å². The van der Waals surface area contributed by atoms with E-state index < -0.39 is 0 Å². The van der Waals surface area contributed by atoms with Gasteiger partial charge in [-0.25, -0.2) is 4.68 Å². The molecule has 0 unspecified atom stereocenters. The summed E-state index contributed by atoms with van der Waals surface area (Å²) in [5.74, 6) is -0.109. The van der Waals surface area contributed by atoms with Crippen molar-refractivity contribution in [1.29, 1.82) is 0 Å². The lowest BCUT2D eigenvalue weighted by Gasteiger charge is -2.35. The highest BCUT2D eigenvalue weighted by atomic mass is 16.2. The molecule has 1 saturated heterocycles. The Morgan fingerprint density at radius 1 is 0.964 bits per heavy atom. The molecule has 0 radical (unpaired) electrons. The van der Waals surface area contributed by atoms with Crippen molar-refractivity contribution in [2.24, 2.45) is 7.05 Å². The van der Waals surface area contributed by atoms with E-state index in [-0.39, 0.29) is 11.5 Å². The van der Waals surface area contributed by atoms with Crippen LogP contribution in [0.3, 0.4) is 0 Å². The van der Waals surface area contributed by atoms with Crippen LogP contribution in [-0.4, -0.2) is 51.7 Å².